The first-order valence-electron chi connectivity index (χ1n) is 7.21. The molecule has 1 heterocycles. The SMILES string of the molecule is CCS[C@@H]1CCC[C@H](NS(=O)(=O)c2cnn(CC)c2)C1. The molecule has 7 heteroatoms. The van der Waals surface area contributed by atoms with Crippen LogP contribution in [0.5, 0.6) is 0 Å². The van der Waals surface area contributed by atoms with E-state index in [1.807, 2.05) is 18.7 Å². The number of aromatic nitrogens is 2. The highest BCUT2D eigenvalue weighted by Crippen LogP contribution is 2.29. The Morgan fingerprint density at radius 1 is 1.45 bits per heavy atom. The maximum Gasteiger partial charge on any atom is 0.243 e. The Morgan fingerprint density at radius 3 is 2.90 bits per heavy atom. The number of nitrogens with zero attached hydrogens (tertiary/aromatic N) is 2. The molecule has 20 heavy (non-hydrogen) atoms. The fraction of sp³-hybridized carbons (Fsp3) is 0.769. The standard InChI is InChI=1S/C13H23N3O2S2/c1-3-16-10-13(9-14-16)20(17,18)15-11-6-5-7-12(8-11)19-4-2/h9-12,15H,3-8H2,1-2H3/t11-,12+/m0/s1. The summed E-state index contributed by atoms with van der Waals surface area (Å²) >= 11 is 1.93. The second-order valence-electron chi connectivity index (χ2n) is 5.09. The van der Waals surface area contributed by atoms with Crippen molar-refractivity contribution in [2.24, 2.45) is 0 Å². The predicted octanol–water partition coefficient (Wildman–Crippen LogP) is 2.25. The summed E-state index contributed by atoms with van der Waals surface area (Å²) in [6.45, 7) is 4.76. The topological polar surface area (TPSA) is 64.0 Å². The molecule has 1 aliphatic rings. The molecule has 2 rings (SSSR count). The molecule has 1 aliphatic carbocycles. The van der Waals surface area contributed by atoms with Gasteiger partial charge in [0.25, 0.3) is 0 Å². The largest absolute Gasteiger partial charge is 0.272 e. The Labute approximate surface area is 125 Å². The van der Waals surface area contributed by atoms with E-state index < -0.39 is 10.0 Å². The number of rotatable bonds is 6. The van der Waals surface area contributed by atoms with Crippen LogP contribution in [-0.2, 0) is 16.6 Å². The van der Waals surface area contributed by atoms with Crippen LogP contribution < -0.4 is 4.72 Å². The minimum absolute atomic E-state index is 0.0581. The van der Waals surface area contributed by atoms with Crippen molar-refractivity contribution in [2.75, 3.05) is 5.75 Å². The summed E-state index contributed by atoms with van der Waals surface area (Å²) in [5.41, 5.74) is 0. The molecule has 5 nitrogen and oxygen atoms in total. The van der Waals surface area contributed by atoms with Crippen LogP contribution in [-0.4, -0.2) is 35.2 Å². The molecule has 0 bridgehead atoms. The van der Waals surface area contributed by atoms with Gasteiger partial charge in [0.15, 0.2) is 0 Å². The average Bonchev–Trinajstić information content (AvgIpc) is 2.88. The zero-order chi connectivity index (χ0) is 14.6. The molecule has 0 amide bonds. The van der Waals surface area contributed by atoms with Gasteiger partial charge in [0.1, 0.15) is 4.90 Å². The average molecular weight is 317 g/mol. The second-order valence-corrected chi connectivity index (χ2v) is 8.39. The van der Waals surface area contributed by atoms with Crippen LogP contribution in [0.1, 0.15) is 39.5 Å². The van der Waals surface area contributed by atoms with E-state index in [1.54, 1.807) is 10.9 Å². The smallest absolute Gasteiger partial charge is 0.243 e. The number of sulfonamides is 1. The third kappa shape index (κ3) is 3.99. The molecule has 0 aromatic carbocycles. The van der Waals surface area contributed by atoms with Gasteiger partial charge in [-0.3, -0.25) is 4.68 Å². The van der Waals surface area contributed by atoms with Gasteiger partial charge in [-0.25, -0.2) is 13.1 Å². The van der Waals surface area contributed by atoms with Gasteiger partial charge >= 0.3 is 0 Å². The molecule has 1 aromatic rings. The molecule has 0 saturated heterocycles. The number of aryl methyl sites for hydroxylation is 1. The summed E-state index contributed by atoms with van der Waals surface area (Å²) in [5, 5.41) is 4.61. The van der Waals surface area contributed by atoms with Gasteiger partial charge in [-0.05, 0) is 31.9 Å². The normalized spacial score (nSPS) is 23.9. The van der Waals surface area contributed by atoms with Crippen molar-refractivity contribution in [1.82, 2.24) is 14.5 Å². The first-order valence-corrected chi connectivity index (χ1v) is 9.74. The fourth-order valence-electron chi connectivity index (χ4n) is 2.58. The molecule has 114 valence electrons. The monoisotopic (exact) mass is 317 g/mol. The molecule has 0 aliphatic heterocycles. The number of nitrogens with one attached hydrogen (secondary N) is 1. The van der Waals surface area contributed by atoms with Crippen molar-refractivity contribution in [3.05, 3.63) is 12.4 Å². The molecule has 1 aromatic heterocycles. The molecule has 2 atom stereocenters. The zero-order valence-corrected chi connectivity index (χ0v) is 13.7. The maximum absolute atomic E-state index is 12.3. The van der Waals surface area contributed by atoms with Crippen LogP contribution in [0.3, 0.4) is 0 Å². The van der Waals surface area contributed by atoms with Crippen molar-refractivity contribution >= 4 is 21.8 Å². The van der Waals surface area contributed by atoms with E-state index in [1.165, 1.54) is 12.6 Å². The third-order valence-electron chi connectivity index (χ3n) is 3.59. The van der Waals surface area contributed by atoms with E-state index in [0.29, 0.717) is 11.8 Å². The van der Waals surface area contributed by atoms with Crippen molar-refractivity contribution < 1.29 is 8.42 Å². The van der Waals surface area contributed by atoms with Crippen molar-refractivity contribution in [1.29, 1.82) is 0 Å². The summed E-state index contributed by atoms with van der Waals surface area (Å²) in [6.07, 6.45) is 7.17. The quantitative estimate of drug-likeness (QED) is 0.874. The lowest BCUT2D eigenvalue weighted by Gasteiger charge is -2.28. The van der Waals surface area contributed by atoms with Crippen molar-refractivity contribution in [3.8, 4) is 0 Å². The van der Waals surface area contributed by atoms with Crippen LogP contribution in [0.2, 0.25) is 0 Å². The van der Waals surface area contributed by atoms with E-state index in [-0.39, 0.29) is 10.9 Å². The lowest BCUT2D eigenvalue weighted by atomic mass is 9.96. The Hall–Kier alpha value is -0.530. The van der Waals surface area contributed by atoms with Crippen LogP contribution in [0.15, 0.2) is 17.3 Å². The van der Waals surface area contributed by atoms with E-state index in [9.17, 15) is 8.42 Å². The molecular weight excluding hydrogens is 294 g/mol. The molecular formula is C13H23N3O2S2. The lowest BCUT2D eigenvalue weighted by Crippen LogP contribution is -2.39. The highest BCUT2D eigenvalue weighted by molar-refractivity contribution is 7.99. The molecule has 0 spiro atoms. The zero-order valence-electron chi connectivity index (χ0n) is 12.1. The number of thioether (sulfide) groups is 1. The Morgan fingerprint density at radius 2 is 2.25 bits per heavy atom. The van der Waals surface area contributed by atoms with Gasteiger partial charge in [0, 0.05) is 24.0 Å². The number of hydrogen-bond donors (Lipinski definition) is 1. The first-order chi connectivity index (χ1) is 9.55. The summed E-state index contributed by atoms with van der Waals surface area (Å²) in [5.74, 6) is 1.09. The van der Waals surface area contributed by atoms with Crippen molar-refractivity contribution in [2.45, 2.75) is 62.3 Å². The fourth-order valence-corrected chi connectivity index (χ4v) is 4.99. The Bertz CT molecular complexity index is 525. The minimum Gasteiger partial charge on any atom is -0.272 e. The molecule has 1 N–H and O–H groups in total. The van der Waals surface area contributed by atoms with Gasteiger partial charge in [0.2, 0.25) is 10.0 Å². The lowest BCUT2D eigenvalue weighted by molar-refractivity contribution is 0.420. The van der Waals surface area contributed by atoms with E-state index in [0.717, 1.165) is 25.0 Å². The van der Waals surface area contributed by atoms with Crippen LogP contribution in [0, 0.1) is 0 Å². The van der Waals surface area contributed by atoms with E-state index in [2.05, 4.69) is 16.7 Å². The maximum atomic E-state index is 12.3. The van der Waals surface area contributed by atoms with Crippen LogP contribution >= 0.6 is 11.8 Å². The summed E-state index contributed by atoms with van der Waals surface area (Å²) in [4.78, 5) is 0.268. The van der Waals surface area contributed by atoms with E-state index in [4.69, 9.17) is 0 Å². The van der Waals surface area contributed by atoms with Gasteiger partial charge in [-0.1, -0.05) is 13.3 Å². The summed E-state index contributed by atoms with van der Waals surface area (Å²) < 4.78 is 29.1. The number of hydrogen-bond acceptors (Lipinski definition) is 4. The Balaban J connectivity index is 2.00. The third-order valence-corrected chi connectivity index (χ3v) is 6.30. The van der Waals surface area contributed by atoms with E-state index >= 15 is 0 Å². The molecule has 0 unspecified atom stereocenters. The van der Waals surface area contributed by atoms with Crippen molar-refractivity contribution in [3.63, 3.8) is 0 Å². The molecule has 1 saturated carbocycles. The summed E-state index contributed by atoms with van der Waals surface area (Å²) in [6, 6.07) is 0.0581. The highest BCUT2D eigenvalue weighted by atomic mass is 32.2. The highest BCUT2D eigenvalue weighted by Gasteiger charge is 2.27. The van der Waals surface area contributed by atoms with Crippen LogP contribution in [0.4, 0.5) is 0 Å². The Kier molecular flexibility index (Phi) is 5.51. The second kappa shape index (κ2) is 6.95. The van der Waals surface area contributed by atoms with Gasteiger partial charge in [-0.2, -0.15) is 16.9 Å². The molecule has 0 radical (unpaired) electrons. The van der Waals surface area contributed by atoms with Crippen LogP contribution in [0.25, 0.3) is 0 Å². The molecule has 1 fully saturated rings. The van der Waals surface area contributed by atoms with Gasteiger partial charge < -0.3 is 0 Å². The first kappa shape index (κ1) is 15.9. The van der Waals surface area contributed by atoms with Gasteiger partial charge in [0.05, 0.1) is 6.20 Å². The minimum atomic E-state index is -3.43. The van der Waals surface area contributed by atoms with Gasteiger partial charge in [-0.15, -0.1) is 0 Å². The predicted molar refractivity (Wildman–Crippen MR) is 82.4 cm³/mol. The summed E-state index contributed by atoms with van der Waals surface area (Å²) in [7, 11) is -3.43.